The molecule has 0 aromatic heterocycles. The fourth-order valence-corrected chi connectivity index (χ4v) is 5.72. The van der Waals surface area contributed by atoms with Gasteiger partial charge < -0.3 is 14.2 Å². The van der Waals surface area contributed by atoms with Crippen molar-refractivity contribution in [2.75, 3.05) is 44.5 Å². The summed E-state index contributed by atoms with van der Waals surface area (Å²) >= 11 is 11.8. The molecule has 1 unspecified atom stereocenters. The van der Waals surface area contributed by atoms with Crippen LogP contribution in [0.5, 0.6) is 11.5 Å². The second kappa shape index (κ2) is 12.3. The maximum absolute atomic E-state index is 13.3. The van der Waals surface area contributed by atoms with Gasteiger partial charge in [0.2, 0.25) is 12.7 Å². The van der Waals surface area contributed by atoms with E-state index in [1.54, 1.807) is 0 Å². The molecule has 0 spiro atoms. The average molecular weight is 624 g/mol. The summed E-state index contributed by atoms with van der Waals surface area (Å²) in [7, 11) is 0. The lowest BCUT2D eigenvalue weighted by Gasteiger charge is -2.37. The first-order valence-electron chi connectivity index (χ1n) is 13.7. The van der Waals surface area contributed by atoms with E-state index in [0.29, 0.717) is 23.8 Å². The zero-order chi connectivity index (χ0) is 30.1. The lowest BCUT2D eigenvalue weighted by atomic mass is 10.1. The Bertz CT molecular complexity index is 1590. The number of carbonyl (C=O) groups excluding carboxylic acids is 4. The summed E-state index contributed by atoms with van der Waals surface area (Å²) in [5, 5.41) is 0.538. The molecule has 3 aromatic carbocycles. The van der Waals surface area contributed by atoms with Gasteiger partial charge in [-0.05, 0) is 60.2 Å². The third-order valence-electron chi connectivity index (χ3n) is 7.75. The number of halogens is 2. The van der Waals surface area contributed by atoms with Crippen molar-refractivity contribution in [1.29, 1.82) is 0 Å². The summed E-state index contributed by atoms with van der Waals surface area (Å²) in [6.07, 6.45) is 0.0988. The topological polar surface area (TPSA) is 106 Å². The van der Waals surface area contributed by atoms with E-state index >= 15 is 0 Å². The summed E-state index contributed by atoms with van der Waals surface area (Å²) in [5.41, 5.74) is 1.95. The van der Waals surface area contributed by atoms with E-state index in [2.05, 4.69) is 9.80 Å². The molecule has 2 fully saturated rings. The Morgan fingerprint density at radius 3 is 2.30 bits per heavy atom. The number of rotatable bonds is 8. The molecule has 2 amide bonds. The monoisotopic (exact) mass is 623 g/mol. The number of amides is 2. The van der Waals surface area contributed by atoms with Gasteiger partial charge in [0.25, 0.3) is 5.91 Å². The van der Waals surface area contributed by atoms with Gasteiger partial charge in [0, 0.05) is 38.3 Å². The van der Waals surface area contributed by atoms with Crippen molar-refractivity contribution in [2.24, 2.45) is 0 Å². The number of ether oxygens (including phenoxy) is 3. The Kier molecular flexibility index (Phi) is 8.36. The molecule has 222 valence electrons. The van der Waals surface area contributed by atoms with Gasteiger partial charge in [-0.1, -0.05) is 29.3 Å². The highest BCUT2D eigenvalue weighted by atomic mass is 35.5. The van der Waals surface area contributed by atoms with Crippen molar-refractivity contribution in [3.05, 3.63) is 87.4 Å². The number of carbonyl (C=O) groups is 4. The van der Waals surface area contributed by atoms with Crippen LogP contribution in [0.1, 0.15) is 32.7 Å². The molecule has 0 saturated carbocycles. The number of ketones is 1. The molecule has 1 atom stereocenters. The Hall–Kier alpha value is -3.96. The largest absolute Gasteiger partial charge is 0.454 e. The van der Waals surface area contributed by atoms with Crippen molar-refractivity contribution in [1.82, 2.24) is 9.80 Å². The SMILES string of the molecule is O=C(COC(=O)c1ccc(N2C(=O)CC(N3CCN(Cc4ccc5c(c4)OCO5)CC3)C2=O)cc1)c1ccc(Cl)c(Cl)c1. The van der Waals surface area contributed by atoms with E-state index in [0.717, 1.165) is 36.7 Å². The molecule has 3 aromatic rings. The maximum atomic E-state index is 13.3. The van der Waals surface area contributed by atoms with Crippen LogP contribution in [0, 0.1) is 0 Å². The summed E-state index contributed by atoms with van der Waals surface area (Å²) in [4.78, 5) is 56.7. The Labute approximate surface area is 257 Å². The number of imide groups is 1. The highest BCUT2D eigenvalue weighted by Gasteiger charge is 2.43. The third-order valence-corrected chi connectivity index (χ3v) is 8.49. The quantitative estimate of drug-likeness (QED) is 0.207. The summed E-state index contributed by atoms with van der Waals surface area (Å²) in [6.45, 7) is 3.36. The molecule has 0 N–H and O–H groups in total. The minimum atomic E-state index is -0.712. The van der Waals surface area contributed by atoms with Crippen LogP contribution in [0.2, 0.25) is 10.0 Å². The van der Waals surface area contributed by atoms with Crippen LogP contribution < -0.4 is 14.4 Å². The molecule has 43 heavy (non-hydrogen) atoms. The Morgan fingerprint density at radius 1 is 0.837 bits per heavy atom. The summed E-state index contributed by atoms with van der Waals surface area (Å²) in [6, 6.07) is 15.8. The minimum absolute atomic E-state index is 0.0988. The fraction of sp³-hybridized carbons (Fsp3) is 0.290. The summed E-state index contributed by atoms with van der Waals surface area (Å²) in [5.74, 6) is -0.208. The van der Waals surface area contributed by atoms with Gasteiger partial charge >= 0.3 is 5.97 Å². The van der Waals surface area contributed by atoms with Crippen molar-refractivity contribution >= 4 is 52.5 Å². The molecule has 0 radical (unpaired) electrons. The molecular weight excluding hydrogens is 597 g/mol. The molecule has 0 aliphatic carbocycles. The third kappa shape index (κ3) is 6.23. The molecule has 3 aliphatic heterocycles. The molecule has 10 nitrogen and oxygen atoms in total. The molecule has 0 bridgehead atoms. The van der Waals surface area contributed by atoms with Crippen LogP contribution in [0.3, 0.4) is 0 Å². The van der Waals surface area contributed by atoms with Gasteiger partial charge in [-0.25, -0.2) is 9.69 Å². The van der Waals surface area contributed by atoms with Crippen molar-refractivity contribution < 1.29 is 33.4 Å². The maximum Gasteiger partial charge on any atom is 0.338 e. The molecule has 3 aliphatic rings. The van der Waals surface area contributed by atoms with E-state index in [9.17, 15) is 19.2 Å². The first kappa shape index (κ1) is 29.1. The second-order valence-electron chi connectivity index (χ2n) is 10.5. The zero-order valence-electron chi connectivity index (χ0n) is 23.0. The first-order valence-corrected chi connectivity index (χ1v) is 14.5. The highest BCUT2D eigenvalue weighted by Crippen LogP contribution is 2.33. The molecule has 2 saturated heterocycles. The van der Waals surface area contributed by atoms with E-state index in [1.807, 2.05) is 18.2 Å². The van der Waals surface area contributed by atoms with Gasteiger partial charge in [-0.15, -0.1) is 0 Å². The first-order chi connectivity index (χ1) is 20.8. The van der Waals surface area contributed by atoms with Crippen LogP contribution in [-0.4, -0.2) is 79.0 Å². The van der Waals surface area contributed by atoms with Gasteiger partial charge in [-0.2, -0.15) is 0 Å². The lowest BCUT2D eigenvalue weighted by Crippen LogP contribution is -2.52. The van der Waals surface area contributed by atoms with Gasteiger partial charge in [0.1, 0.15) is 0 Å². The minimum Gasteiger partial charge on any atom is -0.454 e. The lowest BCUT2D eigenvalue weighted by molar-refractivity contribution is -0.123. The molecule has 6 rings (SSSR count). The standard InChI is InChI=1S/C31H27Cl2N3O7/c32-23-7-4-21(14-24(23)33)26(37)17-41-31(40)20-2-5-22(6-3-20)36-29(38)15-25(30(36)39)35-11-9-34(10-12-35)16-19-1-8-27-28(13-19)43-18-42-27/h1-8,13-14,25H,9-12,15-18H2. The number of nitrogens with zero attached hydrogens (tertiary/aromatic N) is 3. The number of esters is 1. The number of benzene rings is 3. The number of anilines is 1. The molecule has 3 heterocycles. The predicted molar refractivity (Wildman–Crippen MR) is 158 cm³/mol. The predicted octanol–water partition coefficient (Wildman–Crippen LogP) is 4.21. The Morgan fingerprint density at radius 2 is 1.56 bits per heavy atom. The Balaban J connectivity index is 1.01. The average Bonchev–Trinajstić information content (AvgIpc) is 3.60. The van der Waals surface area contributed by atoms with Crippen LogP contribution in [0.4, 0.5) is 5.69 Å². The number of Topliss-reactive ketones (excluding diaryl/α,β-unsaturated/α-hetero) is 1. The van der Waals surface area contributed by atoms with Crippen LogP contribution in [0.15, 0.2) is 60.7 Å². The number of hydrogen-bond acceptors (Lipinski definition) is 9. The van der Waals surface area contributed by atoms with E-state index in [-0.39, 0.29) is 41.2 Å². The molecule has 12 heteroatoms. The van der Waals surface area contributed by atoms with E-state index in [1.165, 1.54) is 47.4 Å². The number of fused-ring (bicyclic) bond motifs is 1. The highest BCUT2D eigenvalue weighted by molar-refractivity contribution is 6.42. The van der Waals surface area contributed by atoms with E-state index < -0.39 is 24.4 Å². The van der Waals surface area contributed by atoms with Gasteiger partial charge in [0.15, 0.2) is 23.9 Å². The van der Waals surface area contributed by atoms with Crippen molar-refractivity contribution in [3.8, 4) is 11.5 Å². The van der Waals surface area contributed by atoms with Crippen LogP contribution in [0.25, 0.3) is 0 Å². The number of hydrogen-bond donors (Lipinski definition) is 0. The normalized spacial score (nSPS) is 18.7. The number of piperazine rings is 1. The van der Waals surface area contributed by atoms with Crippen LogP contribution in [-0.2, 0) is 20.9 Å². The second-order valence-corrected chi connectivity index (χ2v) is 11.3. The van der Waals surface area contributed by atoms with Gasteiger partial charge in [0.05, 0.1) is 33.8 Å². The molecular formula is C31H27Cl2N3O7. The van der Waals surface area contributed by atoms with Crippen LogP contribution >= 0.6 is 23.2 Å². The zero-order valence-corrected chi connectivity index (χ0v) is 24.5. The van der Waals surface area contributed by atoms with E-state index in [4.69, 9.17) is 37.4 Å². The van der Waals surface area contributed by atoms with Gasteiger partial charge in [-0.3, -0.25) is 24.2 Å². The van der Waals surface area contributed by atoms with Crippen molar-refractivity contribution in [3.63, 3.8) is 0 Å². The van der Waals surface area contributed by atoms with Crippen molar-refractivity contribution in [2.45, 2.75) is 19.0 Å². The smallest absolute Gasteiger partial charge is 0.338 e. The fourth-order valence-electron chi connectivity index (χ4n) is 5.42. The summed E-state index contributed by atoms with van der Waals surface area (Å²) < 4.78 is 16.0.